The number of aliphatic carboxylic acids is 1. The maximum absolute atomic E-state index is 14.1. The summed E-state index contributed by atoms with van der Waals surface area (Å²) in [6, 6.07) is 7.26. The van der Waals surface area contributed by atoms with E-state index < -0.39 is 41.3 Å². The highest BCUT2D eigenvalue weighted by Crippen LogP contribution is 2.35. The molecule has 0 aromatic heterocycles. The fourth-order valence-corrected chi connectivity index (χ4v) is 5.53. The monoisotopic (exact) mass is 599 g/mol. The molecule has 2 heterocycles. The number of carboxylic acids is 1. The summed E-state index contributed by atoms with van der Waals surface area (Å²) < 4.78 is 32.8. The number of benzene rings is 2. The molecular formula is C30H35F2N5O6. The number of amides is 5. The molecule has 43 heavy (non-hydrogen) atoms. The molecule has 0 radical (unpaired) electrons. The number of carbonyl (C=O) groups is 4. The average Bonchev–Trinajstić information content (AvgIpc) is 2.96. The first-order chi connectivity index (χ1) is 20.6. The third-order valence-electron chi connectivity index (χ3n) is 7.52. The number of urea groups is 2. The molecule has 4 N–H and O–H groups in total. The number of anilines is 1. The van der Waals surface area contributed by atoms with Gasteiger partial charge >= 0.3 is 18.0 Å². The molecule has 2 aromatic rings. The quantitative estimate of drug-likeness (QED) is 0.303. The van der Waals surface area contributed by atoms with Gasteiger partial charge in [0.2, 0.25) is 5.91 Å². The summed E-state index contributed by atoms with van der Waals surface area (Å²) in [7, 11) is 1.30. The second kappa shape index (κ2) is 14.2. The number of piperidine rings is 1. The van der Waals surface area contributed by atoms with E-state index in [1.807, 2.05) is 18.2 Å². The van der Waals surface area contributed by atoms with Crippen LogP contribution in [0.3, 0.4) is 0 Å². The highest BCUT2D eigenvalue weighted by atomic mass is 19.2. The Balaban J connectivity index is 1.36. The van der Waals surface area contributed by atoms with Gasteiger partial charge in [0.1, 0.15) is 6.04 Å². The van der Waals surface area contributed by atoms with Gasteiger partial charge in [0.25, 0.3) is 0 Å². The van der Waals surface area contributed by atoms with E-state index in [-0.39, 0.29) is 30.3 Å². The number of carbonyl (C=O) groups excluding carboxylic acids is 3. The van der Waals surface area contributed by atoms with Gasteiger partial charge in [-0.25, -0.2) is 28.1 Å². The second-order valence-corrected chi connectivity index (χ2v) is 10.5. The summed E-state index contributed by atoms with van der Waals surface area (Å²) >= 11 is 0. The Bertz CT molecular complexity index is 1410. The third-order valence-corrected chi connectivity index (χ3v) is 7.52. The van der Waals surface area contributed by atoms with Crippen molar-refractivity contribution in [3.8, 4) is 0 Å². The van der Waals surface area contributed by atoms with Crippen molar-refractivity contribution in [2.45, 2.75) is 38.1 Å². The van der Waals surface area contributed by atoms with Crippen LogP contribution >= 0.6 is 0 Å². The van der Waals surface area contributed by atoms with Crippen molar-refractivity contribution in [1.29, 1.82) is 0 Å². The zero-order chi connectivity index (χ0) is 31.1. The van der Waals surface area contributed by atoms with E-state index in [4.69, 9.17) is 4.74 Å². The topological polar surface area (TPSA) is 140 Å². The largest absolute Gasteiger partial charge is 0.478 e. The molecule has 1 saturated heterocycles. The molecule has 0 aliphatic carbocycles. The minimum Gasteiger partial charge on any atom is -0.478 e. The Kier molecular flexibility index (Phi) is 10.4. The fraction of sp³-hybridized carbons (Fsp3) is 0.400. The van der Waals surface area contributed by atoms with Gasteiger partial charge in [0.05, 0.1) is 17.9 Å². The van der Waals surface area contributed by atoms with E-state index in [1.165, 1.54) is 19.6 Å². The lowest BCUT2D eigenvalue weighted by Gasteiger charge is -2.36. The molecule has 0 saturated carbocycles. The number of carboxylic acid groups (broad SMARTS) is 1. The summed E-state index contributed by atoms with van der Waals surface area (Å²) in [6.07, 6.45) is 2.44. The van der Waals surface area contributed by atoms with Crippen molar-refractivity contribution in [2.75, 3.05) is 45.2 Å². The summed E-state index contributed by atoms with van der Waals surface area (Å²) in [5, 5.41) is 17.8. The number of methoxy groups -OCH3 is 1. The van der Waals surface area contributed by atoms with Gasteiger partial charge in [-0.05, 0) is 80.2 Å². The Morgan fingerprint density at radius 1 is 1.07 bits per heavy atom. The second-order valence-electron chi connectivity index (χ2n) is 10.5. The SMILES string of the molecule is COCC1=C(C(=O)O)[C@H](c2ccc(F)c(F)c2)N(C(=O)NCCCN2CCC(c3cccc(NC(C)=O)c3)CC2)C(=O)N1. The summed E-state index contributed by atoms with van der Waals surface area (Å²) in [5.41, 5.74) is 1.38. The first kappa shape index (κ1) is 31.6. The Labute approximate surface area is 247 Å². The number of nitrogens with zero attached hydrogens (tertiary/aromatic N) is 2. The van der Waals surface area contributed by atoms with Gasteiger partial charge in [0, 0.05) is 26.3 Å². The highest BCUT2D eigenvalue weighted by Gasteiger charge is 2.42. The van der Waals surface area contributed by atoms with Gasteiger partial charge < -0.3 is 30.7 Å². The fourth-order valence-electron chi connectivity index (χ4n) is 5.53. The molecule has 2 aromatic carbocycles. The molecule has 230 valence electrons. The molecule has 2 aliphatic heterocycles. The number of likely N-dealkylation sites (tertiary alicyclic amines) is 1. The van der Waals surface area contributed by atoms with Crippen LogP contribution in [0.25, 0.3) is 0 Å². The van der Waals surface area contributed by atoms with Crippen molar-refractivity contribution in [3.63, 3.8) is 0 Å². The number of ether oxygens (including phenoxy) is 1. The molecule has 0 spiro atoms. The maximum atomic E-state index is 14.1. The van der Waals surface area contributed by atoms with E-state index in [2.05, 4.69) is 26.9 Å². The van der Waals surface area contributed by atoms with Crippen molar-refractivity contribution < 1.29 is 37.8 Å². The Morgan fingerprint density at radius 3 is 2.47 bits per heavy atom. The zero-order valence-corrected chi connectivity index (χ0v) is 24.0. The number of imide groups is 1. The number of halogens is 2. The van der Waals surface area contributed by atoms with Crippen LogP contribution in [-0.2, 0) is 14.3 Å². The van der Waals surface area contributed by atoms with Crippen molar-refractivity contribution >= 4 is 29.6 Å². The van der Waals surface area contributed by atoms with Gasteiger partial charge in [-0.1, -0.05) is 18.2 Å². The van der Waals surface area contributed by atoms with Crippen LogP contribution in [0.2, 0.25) is 0 Å². The lowest BCUT2D eigenvalue weighted by atomic mass is 9.89. The molecule has 2 aliphatic rings. The lowest BCUT2D eigenvalue weighted by Crippen LogP contribution is -2.55. The highest BCUT2D eigenvalue weighted by molar-refractivity contribution is 6.01. The predicted octanol–water partition coefficient (Wildman–Crippen LogP) is 3.95. The summed E-state index contributed by atoms with van der Waals surface area (Å²) in [4.78, 5) is 52.8. The molecule has 0 bridgehead atoms. The smallest absolute Gasteiger partial charge is 0.335 e. The normalized spacial score (nSPS) is 17.9. The standard InChI is InChI=1S/C30H35F2N5O6/c1-18(38)34-22-6-3-5-20(15-22)19-9-13-36(14-10-19)12-4-11-33-29(41)37-27(21-7-8-23(31)24(32)16-21)26(28(39)40)25(17-43-2)35-30(37)42/h3,5-8,15-16,19,27H,4,9-14,17H2,1-2H3,(H,33,41)(H,34,38)(H,35,42)(H,39,40)/t27-/m0/s1. The van der Waals surface area contributed by atoms with E-state index >= 15 is 0 Å². The molecule has 1 fully saturated rings. The van der Waals surface area contributed by atoms with Gasteiger partial charge in [-0.2, -0.15) is 0 Å². The number of nitrogens with one attached hydrogen (secondary N) is 3. The first-order valence-electron chi connectivity index (χ1n) is 14.0. The Hall–Kier alpha value is -4.36. The van der Waals surface area contributed by atoms with Gasteiger partial charge in [-0.15, -0.1) is 0 Å². The third kappa shape index (κ3) is 7.73. The van der Waals surface area contributed by atoms with Crippen LogP contribution in [0, 0.1) is 11.6 Å². The molecule has 0 unspecified atom stereocenters. The lowest BCUT2D eigenvalue weighted by molar-refractivity contribution is -0.133. The maximum Gasteiger partial charge on any atom is 0.335 e. The molecule has 4 rings (SSSR count). The number of rotatable bonds is 10. The molecule has 1 atom stereocenters. The molecule has 5 amide bonds. The van der Waals surface area contributed by atoms with Crippen LogP contribution in [0.5, 0.6) is 0 Å². The number of hydrogen-bond acceptors (Lipinski definition) is 6. The van der Waals surface area contributed by atoms with Gasteiger partial charge in [-0.3, -0.25) is 4.79 Å². The minimum atomic E-state index is -1.52. The number of hydrogen-bond donors (Lipinski definition) is 4. The molecular weight excluding hydrogens is 564 g/mol. The van der Waals surface area contributed by atoms with Crippen molar-refractivity contribution in [1.82, 2.24) is 20.4 Å². The van der Waals surface area contributed by atoms with E-state index in [0.29, 0.717) is 23.8 Å². The molecule has 13 heteroatoms. The van der Waals surface area contributed by atoms with E-state index in [1.54, 1.807) is 0 Å². The van der Waals surface area contributed by atoms with Crippen LogP contribution in [0.15, 0.2) is 53.7 Å². The zero-order valence-electron chi connectivity index (χ0n) is 24.0. The average molecular weight is 600 g/mol. The summed E-state index contributed by atoms with van der Waals surface area (Å²) in [5.74, 6) is -3.60. The van der Waals surface area contributed by atoms with Crippen LogP contribution in [-0.4, -0.2) is 78.7 Å². The van der Waals surface area contributed by atoms with Crippen molar-refractivity contribution in [3.05, 3.63) is 76.5 Å². The van der Waals surface area contributed by atoms with Crippen LogP contribution in [0.4, 0.5) is 24.1 Å². The summed E-state index contributed by atoms with van der Waals surface area (Å²) in [6.45, 7) is 3.79. The van der Waals surface area contributed by atoms with Crippen LogP contribution < -0.4 is 16.0 Å². The Morgan fingerprint density at radius 2 is 1.81 bits per heavy atom. The van der Waals surface area contributed by atoms with Gasteiger partial charge in [0.15, 0.2) is 11.6 Å². The molecule has 11 nitrogen and oxygen atoms in total. The van der Waals surface area contributed by atoms with Crippen LogP contribution in [0.1, 0.15) is 49.3 Å². The van der Waals surface area contributed by atoms with E-state index in [0.717, 1.165) is 49.8 Å². The minimum absolute atomic E-state index is 0.0830. The predicted molar refractivity (Wildman–Crippen MR) is 153 cm³/mol. The van der Waals surface area contributed by atoms with Crippen molar-refractivity contribution in [2.24, 2.45) is 0 Å². The first-order valence-corrected chi connectivity index (χ1v) is 14.0. The van der Waals surface area contributed by atoms with E-state index in [9.17, 15) is 33.1 Å².